The van der Waals surface area contributed by atoms with E-state index in [4.69, 9.17) is 4.74 Å². The van der Waals surface area contributed by atoms with Crippen LogP contribution in [-0.4, -0.2) is 10.5 Å². The van der Waals surface area contributed by atoms with E-state index < -0.39 is 0 Å². The smallest absolute Gasteiger partial charge is 0.138 e. The lowest BCUT2D eigenvalue weighted by molar-refractivity contribution is 0.304. The summed E-state index contributed by atoms with van der Waals surface area (Å²) in [6, 6.07) is 12.3. The van der Waals surface area contributed by atoms with E-state index >= 15 is 0 Å². The van der Waals surface area contributed by atoms with E-state index in [0.717, 1.165) is 18.0 Å². The van der Waals surface area contributed by atoms with Gasteiger partial charge in [-0.3, -0.25) is 4.98 Å². The number of nitrogens with zero attached hydrogens (tertiary/aromatic N) is 1. The van der Waals surface area contributed by atoms with Gasteiger partial charge in [0.2, 0.25) is 0 Å². The molecule has 0 unspecified atom stereocenters. The topological polar surface area (TPSA) is 34.1 Å². The third-order valence-electron chi connectivity index (χ3n) is 3.12. The molecule has 0 saturated heterocycles. The predicted octanol–water partition coefficient (Wildman–Crippen LogP) is 3.86. The lowest BCUT2D eigenvalue weighted by Gasteiger charge is -2.20. The van der Waals surface area contributed by atoms with Crippen LogP contribution in [0.4, 0.5) is 0 Å². The van der Waals surface area contributed by atoms with Crippen molar-refractivity contribution in [2.75, 3.05) is 0 Å². The zero-order valence-electron chi connectivity index (χ0n) is 13.3. The van der Waals surface area contributed by atoms with Gasteiger partial charge in [-0.1, -0.05) is 29.8 Å². The highest BCUT2D eigenvalue weighted by Crippen LogP contribution is 2.13. The molecule has 3 heteroatoms. The van der Waals surface area contributed by atoms with Gasteiger partial charge in [0.15, 0.2) is 0 Å². The Balaban J connectivity index is 1.86. The summed E-state index contributed by atoms with van der Waals surface area (Å²) in [5.74, 6) is 0.801. The fraction of sp³-hybridized carbons (Fsp3) is 0.389. The van der Waals surface area contributed by atoms with Crippen LogP contribution in [0.3, 0.4) is 0 Å². The largest absolute Gasteiger partial charge is 0.487 e. The van der Waals surface area contributed by atoms with Crippen LogP contribution in [0, 0.1) is 6.92 Å². The molecule has 2 aromatic rings. The number of hydrogen-bond acceptors (Lipinski definition) is 3. The van der Waals surface area contributed by atoms with Crippen molar-refractivity contribution >= 4 is 0 Å². The second-order valence-electron chi connectivity index (χ2n) is 6.36. The minimum atomic E-state index is 0.0995. The van der Waals surface area contributed by atoms with E-state index in [1.165, 1.54) is 11.1 Å². The lowest BCUT2D eigenvalue weighted by atomic mass is 10.1. The molecule has 0 aliphatic carbocycles. The minimum absolute atomic E-state index is 0.0995. The second-order valence-corrected chi connectivity index (χ2v) is 6.36. The fourth-order valence-electron chi connectivity index (χ4n) is 1.81. The Labute approximate surface area is 127 Å². The number of aryl methyl sites for hydroxylation is 1. The molecule has 1 aromatic carbocycles. The molecular weight excluding hydrogens is 260 g/mol. The Bertz CT molecular complexity index is 553. The van der Waals surface area contributed by atoms with Crippen molar-refractivity contribution in [3.05, 3.63) is 59.4 Å². The van der Waals surface area contributed by atoms with Gasteiger partial charge >= 0.3 is 0 Å². The first-order valence-corrected chi connectivity index (χ1v) is 7.31. The number of aromatic nitrogens is 1. The van der Waals surface area contributed by atoms with Crippen LogP contribution < -0.4 is 10.1 Å². The molecule has 1 heterocycles. The quantitative estimate of drug-likeness (QED) is 0.905. The van der Waals surface area contributed by atoms with Gasteiger partial charge in [-0.15, -0.1) is 0 Å². The lowest BCUT2D eigenvalue weighted by Crippen LogP contribution is -2.35. The van der Waals surface area contributed by atoms with Gasteiger partial charge in [0, 0.05) is 12.1 Å². The Morgan fingerprint density at radius 1 is 1.05 bits per heavy atom. The van der Waals surface area contributed by atoms with Crippen molar-refractivity contribution < 1.29 is 4.74 Å². The van der Waals surface area contributed by atoms with Crippen molar-refractivity contribution in [2.24, 2.45) is 0 Å². The fourth-order valence-corrected chi connectivity index (χ4v) is 1.81. The highest BCUT2D eigenvalue weighted by molar-refractivity contribution is 5.23. The predicted molar refractivity (Wildman–Crippen MR) is 86.3 cm³/mol. The van der Waals surface area contributed by atoms with Crippen molar-refractivity contribution in [3.8, 4) is 5.75 Å². The van der Waals surface area contributed by atoms with Crippen LogP contribution in [0.15, 0.2) is 42.6 Å². The number of ether oxygens (including phenoxy) is 1. The SMILES string of the molecule is Cc1ccc(COc2ccc(CNC(C)(C)C)nc2)cc1. The van der Waals surface area contributed by atoms with E-state index in [2.05, 4.69) is 62.3 Å². The van der Waals surface area contributed by atoms with Crippen molar-refractivity contribution in [1.82, 2.24) is 10.3 Å². The van der Waals surface area contributed by atoms with Crippen molar-refractivity contribution in [3.63, 3.8) is 0 Å². The highest BCUT2D eigenvalue weighted by Gasteiger charge is 2.08. The van der Waals surface area contributed by atoms with Crippen LogP contribution in [-0.2, 0) is 13.2 Å². The molecule has 0 spiro atoms. The molecule has 0 fully saturated rings. The van der Waals surface area contributed by atoms with E-state index in [9.17, 15) is 0 Å². The monoisotopic (exact) mass is 284 g/mol. The van der Waals surface area contributed by atoms with Crippen LogP contribution in [0.1, 0.15) is 37.6 Å². The first kappa shape index (κ1) is 15.5. The molecule has 2 rings (SSSR count). The number of hydrogen-bond donors (Lipinski definition) is 1. The maximum absolute atomic E-state index is 5.75. The maximum Gasteiger partial charge on any atom is 0.138 e. The molecular formula is C18H24N2O. The first-order valence-electron chi connectivity index (χ1n) is 7.31. The molecule has 0 saturated carbocycles. The molecule has 112 valence electrons. The summed E-state index contributed by atoms with van der Waals surface area (Å²) in [4.78, 5) is 4.42. The zero-order valence-corrected chi connectivity index (χ0v) is 13.3. The number of pyridine rings is 1. The molecule has 0 aliphatic rings. The summed E-state index contributed by atoms with van der Waals surface area (Å²) >= 11 is 0. The highest BCUT2D eigenvalue weighted by atomic mass is 16.5. The average Bonchev–Trinajstić information content (AvgIpc) is 2.45. The Hall–Kier alpha value is -1.87. The van der Waals surface area contributed by atoms with E-state index in [1.807, 2.05) is 12.1 Å². The summed E-state index contributed by atoms with van der Waals surface area (Å²) in [6.07, 6.45) is 1.79. The molecule has 1 aromatic heterocycles. The molecule has 3 nitrogen and oxygen atoms in total. The third-order valence-corrected chi connectivity index (χ3v) is 3.12. The standard InChI is InChI=1S/C18H24N2O/c1-14-5-7-15(8-6-14)13-21-17-10-9-16(19-12-17)11-20-18(2,3)4/h5-10,12,20H,11,13H2,1-4H3. The third kappa shape index (κ3) is 5.56. The molecule has 0 amide bonds. The first-order chi connectivity index (χ1) is 9.92. The van der Waals surface area contributed by atoms with Gasteiger partial charge < -0.3 is 10.1 Å². The normalized spacial score (nSPS) is 11.4. The molecule has 0 atom stereocenters. The van der Waals surface area contributed by atoms with Crippen LogP contribution >= 0.6 is 0 Å². The summed E-state index contributed by atoms with van der Waals surface area (Å²) in [5, 5.41) is 3.42. The number of nitrogens with one attached hydrogen (secondary N) is 1. The van der Waals surface area contributed by atoms with Crippen LogP contribution in [0.5, 0.6) is 5.75 Å². The van der Waals surface area contributed by atoms with Gasteiger partial charge in [-0.25, -0.2) is 0 Å². The average molecular weight is 284 g/mol. The van der Waals surface area contributed by atoms with Gasteiger partial charge in [0.1, 0.15) is 12.4 Å². The Morgan fingerprint density at radius 2 is 1.76 bits per heavy atom. The van der Waals surface area contributed by atoms with E-state index in [-0.39, 0.29) is 5.54 Å². The summed E-state index contributed by atoms with van der Waals surface area (Å²) in [5.41, 5.74) is 3.55. The van der Waals surface area contributed by atoms with Gasteiger partial charge in [0.05, 0.1) is 11.9 Å². The summed E-state index contributed by atoms with van der Waals surface area (Å²) in [7, 11) is 0. The van der Waals surface area contributed by atoms with Crippen molar-refractivity contribution in [2.45, 2.75) is 46.4 Å². The second kappa shape index (κ2) is 6.72. The molecule has 0 bridgehead atoms. The van der Waals surface area contributed by atoms with E-state index in [0.29, 0.717) is 6.61 Å². The minimum Gasteiger partial charge on any atom is -0.487 e. The van der Waals surface area contributed by atoms with Crippen molar-refractivity contribution in [1.29, 1.82) is 0 Å². The Morgan fingerprint density at radius 3 is 2.33 bits per heavy atom. The van der Waals surface area contributed by atoms with E-state index in [1.54, 1.807) is 6.20 Å². The molecule has 0 aliphatic heterocycles. The Kier molecular flexibility index (Phi) is 4.97. The molecule has 0 radical (unpaired) electrons. The number of rotatable bonds is 5. The maximum atomic E-state index is 5.75. The number of benzene rings is 1. The van der Waals surface area contributed by atoms with Gasteiger partial charge in [0.25, 0.3) is 0 Å². The molecule has 1 N–H and O–H groups in total. The van der Waals surface area contributed by atoms with Gasteiger partial charge in [-0.05, 0) is 45.4 Å². The zero-order chi connectivity index (χ0) is 15.3. The summed E-state index contributed by atoms with van der Waals surface area (Å²) in [6.45, 7) is 9.85. The molecule has 21 heavy (non-hydrogen) atoms. The van der Waals surface area contributed by atoms with Crippen LogP contribution in [0.25, 0.3) is 0 Å². The van der Waals surface area contributed by atoms with Gasteiger partial charge in [-0.2, -0.15) is 0 Å². The summed E-state index contributed by atoms with van der Waals surface area (Å²) < 4.78 is 5.75. The van der Waals surface area contributed by atoms with Crippen LogP contribution in [0.2, 0.25) is 0 Å².